The van der Waals surface area contributed by atoms with Crippen LogP contribution in [0.4, 0.5) is 0 Å². The number of H-pyrrole nitrogens is 2. The molecule has 0 bridgehead atoms. The van der Waals surface area contributed by atoms with Crippen LogP contribution in [-0.2, 0) is 18.2 Å². The summed E-state index contributed by atoms with van der Waals surface area (Å²) in [5.74, 6) is 0.639. The maximum absolute atomic E-state index is 11.5. The van der Waals surface area contributed by atoms with Crippen LogP contribution in [0.25, 0.3) is 11.2 Å². The van der Waals surface area contributed by atoms with Crippen molar-refractivity contribution in [2.24, 2.45) is 7.05 Å². The largest absolute Gasteiger partial charge is 0.381 e. The summed E-state index contributed by atoms with van der Waals surface area (Å²) in [6.07, 6.45) is 0.580. The third-order valence-electron chi connectivity index (χ3n) is 2.49. The number of hydrogen-bond acceptors (Lipinski definition) is 4. The summed E-state index contributed by atoms with van der Waals surface area (Å²) < 4.78 is 6.51. The average molecular weight is 238 g/mol. The number of imidazole rings is 1. The molecule has 0 saturated heterocycles. The van der Waals surface area contributed by atoms with E-state index in [-0.39, 0.29) is 0 Å². The molecule has 17 heavy (non-hydrogen) atoms. The summed E-state index contributed by atoms with van der Waals surface area (Å²) in [7, 11) is 1.56. The molecular weight excluding hydrogens is 224 g/mol. The minimum atomic E-state index is -0.467. The molecule has 0 radical (unpaired) electrons. The second-order valence-corrected chi connectivity index (χ2v) is 3.65. The van der Waals surface area contributed by atoms with Crippen molar-refractivity contribution < 1.29 is 4.74 Å². The number of ether oxygens (including phenoxy) is 1. The zero-order valence-corrected chi connectivity index (χ0v) is 9.74. The number of nitrogens with zero attached hydrogens (tertiary/aromatic N) is 2. The first-order valence-corrected chi connectivity index (χ1v) is 5.39. The van der Waals surface area contributed by atoms with Gasteiger partial charge in [-0.3, -0.25) is 14.3 Å². The van der Waals surface area contributed by atoms with Gasteiger partial charge in [0.1, 0.15) is 11.3 Å². The zero-order chi connectivity index (χ0) is 12.4. The van der Waals surface area contributed by atoms with Gasteiger partial charge in [0, 0.05) is 20.1 Å². The summed E-state index contributed by atoms with van der Waals surface area (Å²) in [5, 5.41) is 0. The lowest BCUT2D eigenvalue weighted by molar-refractivity contribution is 0.149. The Labute approximate surface area is 96.5 Å². The van der Waals surface area contributed by atoms with Gasteiger partial charge in [-0.05, 0) is 6.92 Å². The van der Waals surface area contributed by atoms with Crippen molar-refractivity contribution in [3.8, 4) is 0 Å². The fourth-order valence-electron chi connectivity index (χ4n) is 1.58. The average Bonchev–Trinajstić information content (AvgIpc) is 2.71. The third-order valence-corrected chi connectivity index (χ3v) is 2.49. The fraction of sp³-hybridized carbons (Fsp3) is 0.500. The molecule has 0 aliphatic rings. The van der Waals surface area contributed by atoms with Gasteiger partial charge in [0.25, 0.3) is 5.56 Å². The summed E-state index contributed by atoms with van der Waals surface area (Å²) in [4.78, 5) is 32.2. The monoisotopic (exact) mass is 238 g/mol. The first-order chi connectivity index (χ1) is 8.13. The normalized spacial score (nSPS) is 11.2. The number of nitrogens with one attached hydrogen (secondary N) is 2. The van der Waals surface area contributed by atoms with Gasteiger partial charge in [-0.25, -0.2) is 9.78 Å². The van der Waals surface area contributed by atoms with Crippen molar-refractivity contribution in [1.29, 1.82) is 0 Å². The minimum absolute atomic E-state index is 0.318. The maximum Gasteiger partial charge on any atom is 0.329 e. The Morgan fingerprint density at radius 2 is 2.12 bits per heavy atom. The van der Waals surface area contributed by atoms with Gasteiger partial charge in [-0.1, -0.05) is 0 Å². The van der Waals surface area contributed by atoms with E-state index in [1.54, 1.807) is 7.05 Å². The van der Waals surface area contributed by atoms with Crippen LogP contribution in [0.2, 0.25) is 0 Å². The van der Waals surface area contributed by atoms with Gasteiger partial charge in [0.2, 0.25) is 0 Å². The molecule has 0 aromatic carbocycles. The summed E-state index contributed by atoms with van der Waals surface area (Å²) in [5.41, 5.74) is -0.229. The second-order valence-electron chi connectivity index (χ2n) is 3.65. The number of hydrogen-bond donors (Lipinski definition) is 2. The summed E-state index contributed by atoms with van der Waals surface area (Å²) >= 11 is 0. The molecule has 0 aliphatic carbocycles. The van der Waals surface area contributed by atoms with Gasteiger partial charge in [-0.15, -0.1) is 0 Å². The minimum Gasteiger partial charge on any atom is -0.381 e. The number of rotatable bonds is 4. The molecule has 2 N–H and O–H groups in total. The molecule has 0 atom stereocenters. The molecule has 7 heteroatoms. The van der Waals surface area contributed by atoms with Crippen LogP contribution in [0.3, 0.4) is 0 Å². The van der Waals surface area contributed by atoms with E-state index in [0.717, 1.165) is 0 Å². The third kappa shape index (κ3) is 2.14. The van der Waals surface area contributed by atoms with Crippen LogP contribution >= 0.6 is 0 Å². The highest BCUT2D eigenvalue weighted by molar-refractivity contribution is 5.69. The van der Waals surface area contributed by atoms with Crippen LogP contribution in [0, 0.1) is 0 Å². The van der Waals surface area contributed by atoms with E-state index in [4.69, 9.17) is 4.74 Å². The zero-order valence-electron chi connectivity index (χ0n) is 9.74. The summed E-state index contributed by atoms with van der Waals surface area (Å²) in [6.45, 7) is 3.08. The Hall–Kier alpha value is -1.89. The van der Waals surface area contributed by atoms with Gasteiger partial charge < -0.3 is 9.72 Å². The van der Waals surface area contributed by atoms with E-state index >= 15 is 0 Å². The van der Waals surface area contributed by atoms with Crippen molar-refractivity contribution >= 4 is 11.2 Å². The van der Waals surface area contributed by atoms with E-state index in [2.05, 4.69) is 15.0 Å². The van der Waals surface area contributed by atoms with Crippen molar-refractivity contribution in [3.63, 3.8) is 0 Å². The lowest BCUT2D eigenvalue weighted by Crippen LogP contribution is -2.28. The molecule has 0 fully saturated rings. The second kappa shape index (κ2) is 4.54. The smallest absolute Gasteiger partial charge is 0.329 e. The molecule has 7 nitrogen and oxygen atoms in total. The fourth-order valence-corrected chi connectivity index (χ4v) is 1.58. The first kappa shape index (κ1) is 11.6. The Balaban J connectivity index is 2.43. The SMILES string of the molecule is CCOCCc1nc2c([nH]1)c(=O)[nH]c(=O)n2C. The number of fused-ring (bicyclic) bond motifs is 1. The van der Waals surface area contributed by atoms with E-state index in [9.17, 15) is 9.59 Å². The van der Waals surface area contributed by atoms with Crippen LogP contribution < -0.4 is 11.2 Å². The Kier molecular flexibility index (Phi) is 3.10. The Morgan fingerprint density at radius 1 is 1.35 bits per heavy atom. The Morgan fingerprint density at radius 3 is 2.82 bits per heavy atom. The summed E-state index contributed by atoms with van der Waals surface area (Å²) in [6, 6.07) is 0. The molecular formula is C10H14N4O3. The molecule has 0 amide bonds. The highest BCUT2D eigenvalue weighted by Crippen LogP contribution is 2.04. The van der Waals surface area contributed by atoms with Crippen molar-refractivity contribution in [2.45, 2.75) is 13.3 Å². The van der Waals surface area contributed by atoms with Crippen LogP contribution in [0.5, 0.6) is 0 Å². The van der Waals surface area contributed by atoms with Gasteiger partial charge in [0.15, 0.2) is 5.65 Å². The van der Waals surface area contributed by atoms with E-state index in [0.29, 0.717) is 36.6 Å². The molecule has 0 aliphatic heterocycles. The van der Waals surface area contributed by atoms with Crippen LogP contribution in [0.15, 0.2) is 9.59 Å². The highest BCUT2D eigenvalue weighted by Gasteiger charge is 2.10. The standard InChI is InChI=1S/C10H14N4O3/c1-3-17-5-4-6-11-7-8(12-6)14(2)10(16)13-9(7)15/h3-5H2,1-2H3,(H,11,12)(H,13,15,16). The topological polar surface area (TPSA) is 92.8 Å². The van der Waals surface area contributed by atoms with Gasteiger partial charge in [0.05, 0.1) is 6.61 Å². The van der Waals surface area contributed by atoms with Gasteiger partial charge >= 0.3 is 5.69 Å². The number of aryl methyl sites for hydroxylation is 1. The quantitative estimate of drug-likeness (QED) is 0.704. The highest BCUT2D eigenvalue weighted by atomic mass is 16.5. The molecule has 2 heterocycles. The maximum atomic E-state index is 11.5. The van der Waals surface area contributed by atoms with Crippen molar-refractivity contribution in [2.75, 3.05) is 13.2 Å². The Bertz CT molecular complexity index is 637. The molecule has 0 spiro atoms. The van der Waals surface area contributed by atoms with Crippen molar-refractivity contribution in [1.82, 2.24) is 19.5 Å². The number of aromatic nitrogens is 4. The van der Waals surface area contributed by atoms with Crippen LogP contribution in [0.1, 0.15) is 12.7 Å². The van der Waals surface area contributed by atoms with Gasteiger partial charge in [-0.2, -0.15) is 0 Å². The predicted octanol–water partition coefficient (Wildman–Crippen LogP) is -0.471. The van der Waals surface area contributed by atoms with E-state index in [1.807, 2.05) is 6.92 Å². The molecule has 0 unspecified atom stereocenters. The molecule has 92 valence electrons. The predicted molar refractivity (Wildman–Crippen MR) is 62.2 cm³/mol. The van der Waals surface area contributed by atoms with E-state index < -0.39 is 11.2 Å². The molecule has 0 saturated carbocycles. The van der Waals surface area contributed by atoms with E-state index in [1.165, 1.54) is 4.57 Å². The molecule has 2 aromatic heterocycles. The number of aromatic amines is 2. The van der Waals surface area contributed by atoms with Crippen LogP contribution in [-0.4, -0.2) is 32.7 Å². The van der Waals surface area contributed by atoms with Crippen molar-refractivity contribution in [3.05, 3.63) is 26.7 Å². The molecule has 2 rings (SSSR count). The lowest BCUT2D eigenvalue weighted by atomic mass is 10.4. The lowest BCUT2D eigenvalue weighted by Gasteiger charge is -1.96. The molecule has 2 aromatic rings. The first-order valence-electron chi connectivity index (χ1n) is 5.39.